The molecule has 1 N–H and O–H groups in total. The molecule has 0 spiro atoms. The van der Waals surface area contributed by atoms with Crippen LogP contribution in [0.3, 0.4) is 0 Å². The Kier molecular flexibility index (Phi) is 3.51. The summed E-state index contributed by atoms with van der Waals surface area (Å²) in [5, 5.41) is 3.48. The summed E-state index contributed by atoms with van der Waals surface area (Å²) in [5.74, 6) is 0.254. The van der Waals surface area contributed by atoms with E-state index in [4.69, 9.17) is 0 Å². The number of aromatic nitrogens is 3. The molecule has 1 amide bonds. The lowest BCUT2D eigenvalue weighted by atomic mass is 10.1. The minimum Gasteiger partial charge on any atom is -0.324 e. The van der Waals surface area contributed by atoms with E-state index in [1.165, 1.54) is 24.0 Å². The standard InChI is InChI=1S/C13H12N4O2S/c18-11-3-5-15-13-17(11)7-9(8-20-13)12(19)16-10-2-1-4-14-6-10/h1-6,9H,7-8H2,(H,16,19). The Morgan fingerprint density at radius 2 is 2.30 bits per heavy atom. The number of nitrogens with one attached hydrogen (secondary N) is 1. The fraction of sp³-hybridized carbons (Fsp3) is 0.231. The molecule has 1 unspecified atom stereocenters. The van der Waals surface area contributed by atoms with E-state index >= 15 is 0 Å². The molecule has 0 aliphatic carbocycles. The van der Waals surface area contributed by atoms with E-state index in [-0.39, 0.29) is 17.4 Å². The first-order valence-corrected chi connectivity index (χ1v) is 7.12. The minimum absolute atomic E-state index is 0.105. The monoisotopic (exact) mass is 288 g/mol. The third kappa shape index (κ3) is 2.57. The molecule has 6 nitrogen and oxygen atoms in total. The van der Waals surface area contributed by atoms with Crippen molar-refractivity contribution in [3.63, 3.8) is 0 Å². The average Bonchev–Trinajstić information content (AvgIpc) is 2.48. The second-order valence-corrected chi connectivity index (χ2v) is 5.40. The number of hydrogen-bond acceptors (Lipinski definition) is 5. The first-order chi connectivity index (χ1) is 9.74. The molecular formula is C13H12N4O2S. The number of fused-ring (bicyclic) bond motifs is 1. The van der Waals surface area contributed by atoms with E-state index in [0.29, 0.717) is 23.1 Å². The van der Waals surface area contributed by atoms with Gasteiger partial charge in [0.1, 0.15) is 0 Å². The van der Waals surface area contributed by atoms with Crippen LogP contribution in [0.25, 0.3) is 0 Å². The van der Waals surface area contributed by atoms with E-state index in [2.05, 4.69) is 15.3 Å². The number of pyridine rings is 1. The molecule has 7 heteroatoms. The fourth-order valence-electron chi connectivity index (χ4n) is 1.99. The molecule has 3 rings (SSSR count). The zero-order valence-corrected chi connectivity index (χ0v) is 11.3. The van der Waals surface area contributed by atoms with Crippen LogP contribution in [0.2, 0.25) is 0 Å². The van der Waals surface area contributed by atoms with Gasteiger partial charge in [0, 0.05) is 30.8 Å². The predicted octanol–water partition coefficient (Wildman–Crippen LogP) is 0.999. The highest BCUT2D eigenvalue weighted by atomic mass is 32.2. The number of nitrogens with zero attached hydrogens (tertiary/aromatic N) is 3. The van der Waals surface area contributed by atoms with Crippen molar-refractivity contribution in [2.24, 2.45) is 5.92 Å². The molecule has 2 aromatic heterocycles. The zero-order valence-electron chi connectivity index (χ0n) is 10.5. The summed E-state index contributed by atoms with van der Waals surface area (Å²) in [5.41, 5.74) is 0.535. The topological polar surface area (TPSA) is 76.9 Å². The molecule has 0 aromatic carbocycles. The van der Waals surface area contributed by atoms with Gasteiger partial charge in [0.25, 0.3) is 5.56 Å². The van der Waals surface area contributed by atoms with Gasteiger partial charge in [0.2, 0.25) is 5.91 Å². The van der Waals surface area contributed by atoms with Gasteiger partial charge in [-0.15, -0.1) is 0 Å². The summed E-state index contributed by atoms with van der Waals surface area (Å²) >= 11 is 1.43. The Balaban J connectivity index is 1.75. The summed E-state index contributed by atoms with van der Waals surface area (Å²) in [6.45, 7) is 0.362. The summed E-state index contributed by atoms with van der Waals surface area (Å²) in [6.07, 6.45) is 4.74. The van der Waals surface area contributed by atoms with Gasteiger partial charge >= 0.3 is 0 Å². The van der Waals surface area contributed by atoms with Crippen molar-refractivity contribution >= 4 is 23.4 Å². The number of carbonyl (C=O) groups is 1. The van der Waals surface area contributed by atoms with Gasteiger partial charge in [-0.05, 0) is 12.1 Å². The van der Waals surface area contributed by atoms with Crippen molar-refractivity contribution in [2.75, 3.05) is 11.1 Å². The van der Waals surface area contributed by atoms with Gasteiger partial charge in [0.15, 0.2) is 5.16 Å². The maximum absolute atomic E-state index is 12.2. The summed E-state index contributed by atoms with van der Waals surface area (Å²) in [4.78, 5) is 32.0. The van der Waals surface area contributed by atoms with Gasteiger partial charge in [-0.2, -0.15) is 0 Å². The van der Waals surface area contributed by atoms with Crippen LogP contribution in [0.15, 0.2) is 46.7 Å². The Hall–Kier alpha value is -2.15. The Morgan fingerprint density at radius 1 is 1.40 bits per heavy atom. The Bertz CT molecular complexity index is 686. The molecule has 3 heterocycles. The fourth-order valence-corrected chi connectivity index (χ4v) is 3.05. The second-order valence-electron chi connectivity index (χ2n) is 4.42. The SMILES string of the molecule is O=C(Nc1cccnc1)C1CSc2nccc(=O)n2C1. The molecule has 102 valence electrons. The average molecular weight is 288 g/mol. The largest absolute Gasteiger partial charge is 0.324 e. The van der Waals surface area contributed by atoms with E-state index in [1.807, 2.05) is 0 Å². The second kappa shape index (κ2) is 5.46. The van der Waals surface area contributed by atoms with Crippen molar-refractivity contribution in [3.8, 4) is 0 Å². The number of thioether (sulfide) groups is 1. The summed E-state index contributed by atoms with van der Waals surface area (Å²) in [6, 6.07) is 4.95. The van der Waals surface area contributed by atoms with E-state index in [1.54, 1.807) is 29.1 Å². The van der Waals surface area contributed by atoms with Gasteiger partial charge in [-0.3, -0.25) is 19.1 Å². The van der Waals surface area contributed by atoms with Crippen LogP contribution < -0.4 is 10.9 Å². The smallest absolute Gasteiger partial charge is 0.254 e. The molecule has 20 heavy (non-hydrogen) atoms. The van der Waals surface area contributed by atoms with Crippen LogP contribution in [-0.4, -0.2) is 26.2 Å². The third-order valence-electron chi connectivity index (χ3n) is 3.02. The molecule has 1 aliphatic rings. The van der Waals surface area contributed by atoms with Crippen molar-refractivity contribution in [3.05, 3.63) is 47.1 Å². The number of amides is 1. The van der Waals surface area contributed by atoms with Gasteiger partial charge < -0.3 is 5.32 Å². The van der Waals surface area contributed by atoms with Crippen LogP contribution in [0.1, 0.15) is 0 Å². The summed E-state index contributed by atoms with van der Waals surface area (Å²) in [7, 11) is 0. The van der Waals surface area contributed by atoms with Gasteiger partial charge in [-0.25, -0.2) is 4.98 Å². The van der Waals surface area contributed by atoms with E-state index < -0.39 is 0 Å². The van der Waals surface area contributed by atoms with Crippen LogP contribution in [-0.2, 0) is 11.3 Å². The molecule has 0 bridgehead atoms. The minimum atomic E-state index is -0.255. The lowest BCUT2D eigenvalue weighted by Gasteiger charge is -2.23. The Morgan fingerprint density at radius 3 is 3.10 bits per heavy atom. The van der Waals surface area contributed by atoms with Crippen LogP contribution >= 0.6 is 11.8 Å². The number of rotatable bonds is 2. The highest BCUT2D eigenvalue weighted by molar-refractivity contribution is 7.99. The molecule has 2 aromatic rings. The van der Waals surface area contributed by atoms with Crippen molar-refractivity contribution in [1.82, 2.24) is 14.5 Å². The Labute approximate surface area is 119 Å². The molecular weight excluding hydrogens is 276 g/mol. The molecule has 0 radical (unpaired) electrons. The molecule has 1 atom stereocenters. The normalized spacial score (nSPS) is 17.3. The van der Waals surface area contributed by atoms with Crippen LogP contribution in [0.4, 0.5) is 5.69 Å². The lowest BCUT2D eigenvalue weighted by Crippen LogP contribution is -2.36. The van der Waals surface area contributed by atoms with Crippen molar-refractivity contribution < 1.29 is 4.79 Å². The van der Waals surface area contributed by atoms with Crippen molar-refractivity contribution in [1.29, 1.82) is 0 Å². The van der Waals surface area contributed by atoms with Crippen LogP contribution in [0, 0.1) is 5.92 Å². The molecule has 0 saturated carbocycles. The maximum atomic E-state index is 12.2. The van der Waals surface area contributed by atoms with Gasteiger partial charge in [0.05, 0.1) is 17.8 Å². The van der Waals surface area contributed by atoms with Gasteiger partial charge in [-0.1, -0.05) is 11.8 Å². The number of carbonyl (C=O) groups excluding carboxylic acids is 1. The summed E-state index contributed by atoms with van der Waals surface area (Å²) < 4.78 is 1.54. The highest BCUT2D eigenvalue weighted by Crippen LogP contribution is 2.25. The maximum Gasteiger partial charge on any atom is 0.254 e. The number of hydrogen-bond donors (Lipinski definition) is 1. The predicted molar refractivity (Wildman–Crippen MR) is 75.6 cm³/mol. The van der Waals surface area contributed by atoms with Crippen molar-refractivity contribution in [2.45, 2.75) is 11.7 Å². The van der Waals surface area contributed by atoms with Crippen LogP contribution in [0.5, 0.6) is 0 Å². The number of anilines is 1. The zero-order chi connectivity index (χ0) is 13.9. The van der Waals surface area contributed by atoms with E-state index in [9.17, 15) is 9.59 Å². The third-order valence-corrected chi connectivity index (χ3v) is 4.17. The van der Waals surface area contributed by atoms with E-state index in [0.717, 1.165) is 0 Å². The first-order valence-electron chi connectivity index (χ1n) is 6.13. The molecule has 0 fully saturated rings. The molecule has 1 aliphatic heterocycles. The lowest BCUT2D eigenvalue weighted by molar-refractivity contribution is -0.119. The first kappa shape index (κ1) is 12.9. The molecule has 0 saturated heterocycles. The quantitative estimate of drug-likeness (QED) is 0.834. The highest BCUT2D eigenvalue weighted by Gasteiger charge is 2.26.